The van der Waals surface area contributed by atoms with E-state index in [4.69, 9.17) is 6.57 Å². The molecule has 0 aliphatic rings. The molecule has 0 amide bonds. The highest BCUT2D eigenvalue weighted by molar-refractivity contribution is 7.19. The Morgan fingerprint density at radius 1 is 0.521 bits per heavy atom. The van der Waals surface area contributed by atoms with E-state index in [0.717, 1.165) is 38.6 Å². The Bertz CT molecular complexity index is 2350. The van der Waals surface area contributed by atoms with Crippen LogP contribution < -0.4 is 20.7 Å². The van der Waals surface area contributed by atoms with Crippen molar-refractivity contribution < 1.29 is 0 Å². The second kappa shape index (κ2) is 12.0. The minimum Gasteiger partial charge on any atom is -0.309 e. The first kappa shape index (κ1) is 29.0. The molecule has 0 N–H and O–H groups in total. The Balaban J connectivity index is 1.41. The minimum atomic E-state index is -2.72. The Labute approximate surface area is 281 Å². The van der Waals surface area contributed by atoms with Crippen molar-refractivity contribution in [2.24, 2.45) is 0 Å². The van der Waals surface area contributed by atoms with Crippen LogP contribution in [0.4, 0.5) is 5.69 Å². The maximum atomic E-state index is 9.72. The van der Waals surface area contributed by atoms with E-state index in [0.29, 0.717) is 11.3 Å². The van der Waals surface area contributed by atoms with Gasteiger partial charge in [0, 0.05) is 10.9 Å². The number of hydrogen-bond acceptors (Lipinski definition) is 1. The van der Waals surface area contributed by atoms with E-state index in [2.05, 4.69) is 155 Å². The Kier molecular flexibility index (Phi) is 7.27. The lowest BCUT2D eigenvalue weighted by molar-refractivity contribution is 1.18. The van der Waals surface area contributed by atoms with Crippen LogP contribution in [-0.4, -0.2) is 12.6 Å². The highest BCUT2D eigenvalue weighted by Gasteiger charge is 2.41. The second-order valence-electron chi connectivity index (χ2n) is 11.9. The number of rotatable bonds is 6. The molecule has 1 heterocycles. The summed E-state index contributed by atoms with van der Waals surface area (Å²) in [6.07, 6.45) is 0. The van der Waals surface area contributed by atoms with Gasteiger partial charge in [-0.1, -0.05) is 140 Å². The predicted octanol–water partition coefficient (Wildman–Crippen LogP) is 8.25. The van der Waals surface area contributed by atoms with E-state index in [-0.39, 0.29) is 0 Å². The van der Waals surface area contributed by atoms with Gasteiger partial charge < -0.3 is 4.57 Å². The summed E-state index contributed by atoms with van der Waals surface area (Å²) in [6.45, 7) is 7.65. The number of nitrogens with zero attached hydrogens (tertiary/aromatic N) is 3. The van der Waals surface area contributed by atoms with E-state index in [9.17, 15) is 5.26 Å². The van der Waals surface area contributed by atoms with Gasteiger partial charge in [0.15, 0.2) is 13.8 Å². The van der Waals surface area contributed by atoms with Crippen molar-refractivity contribution in [3.63, 3.8) is 0 Å². The molecule has 3 nitrogen and oxygen atoms in total. The van der Waals surface area contributed by atoms with Crippen molar-refractivity contribution in [1.82, 2.24) is 4.57 Å². The predicted molar refractivity (Wildman–Crippen MR) is 201 cm³/mol. The first-order valence-corrected chi connectivity index (χ1v) is 17.9. The zero-order chi connectivity index (χ0) is 32.5. The van der Waals surface area contributed by atoms with Gasteiger partial charge >= 0.3 is 0 Å². The fourth-order valence-electron chi connectivity index (χ4n) is 7.31. The van der Waals surface area contributed by atoms with Crippen molar-refractivity contribution in [1.29, 1.82) is 5.26 Å². The van der Waals surface area contributed by atoms with Gasteiger partial charge in [-0.05, 0) is 68.1 Å². The van der Waals surface area contributed by atoms with Crippen molar-refractivity contribution in [3.8, 4) is 22.9 Å². The van der Waals surface area contributed by atoms with Gasteiger partial charge in [0.1, 0.15) is 0 Å². The molecule has 0 radical (unpaired) electrons. The van der Waals surface area contributed by atoms with Crippen LogP contribution in [-0.2, 0) is 0 Å². The zero-order valence-corrected chi connectivity index (χ0v) is 27.1. The van der Waals surface area contributed by atoms with Gasteiger partial charge in [-0.15, -0.1) is 0 Å². The smallest absolute Gasteiger partial charge is 0.188 e. The van der Waals surface area contributed by atoms with E-state index in [1.54, 1.807) is 0 Å². The molecule has 0 spiro atoms. The summed E-state index contributed by atoms with van der Waals surface area (Å²) in [5.41, 5.74) is 6.45. The fraction of sp³-hybridized carbons (Fsp3) is 0. The lowest BCUT2D eigenvalue weighted by Crippen LogP contribution is -2.74. The number of benzene rings is 7. The van der Waals surface area contributed by atoms with Gasteiger partial charge in [-0.25, -0.2) is 4.85 Å². The molecule has 0 saturated carbocycles. The maximum absolute atomic E-state index is 9.72. The molecule has 4 heteroatoms. The van der Waals surface area contributed by atoms with Crippen LogP contribution in [0, 0.1) is 17.9 Å². The first-order valence-electron chi connectivity index (χ1n) is 15.9. The van der Waals surface area contributed by atoms with Crippen molar-refractivity contribution in [3.05, 3.63) is 193 Å². The molecular weight excluding hydrogens is 599 g/mol. The molecule has 0 atom stereocenters. The van der Waals surface area contributed by atoms with Crippen LogP contribution >= 0.6 is 0 Å². The van der Waals surface area contributed by atoms with Crippen LogP contribution in [0.15, 0.2) is 176 Å². The van der Waals surface area contributed by atoms with Crippen LogP contribution in [0.3, 0.4) is 0 Å². The summed E-state index contributed by atoms with van der Waals surface area (Å²) in [7, 11) is -2.72. The summed E-state index contributed by atoms with van der Waals surface area (Å²) in [4.78, 5) is 3.70. The van der Waals surface area contributed by atoms with Crippen LogP contribution in [0.25, 0.3) is 43.5 Å². The molecule has 0 saturated heterocycles. The molecule has 7 aromatic carbocycles. The lowest BCUT2D eigenvalue weighted by atomic mass is 10.0. The molecule has 0 bridgehead atoms. The van der Waals surface area contributed by atoms with Gasteiger partial charge in [0.05, 0.1) is 34.9 Å². The second-order valence-corrected chi connectivity index (χ2v) is 15.7. The molecule has 48 heavy (non-hydrogen) atoms. The third kappa shape index (κ3) is 4.64. The maximum Gasteiger partial charge on any atom is 0.188 e. The van der Waals surface area contributed by atoms with E-state index < -0.39 is 8.07 Å². The number of hydrogen-bond donors (Lipinski definition) is 0. The number of aromatic nitrogens is 1. The molecule has 8 rings (SSSR count). The highest BCUT2D eigenvalue weighted by atomic mass is 28.3. The van der Waals surface area contributed by atoms with Crippen molar-refractivity contribution >= 4 is 56.3 Å². The largest absolute Gasteiger partial charge is 0.309 e. The number of para-hydroxylation sites is 1. The molecule has 0 aliphatic carbocycles. The number of nitriles is 1. The quantitative estimate of drug-likeness (QED) is 0.104. The Morgan fingerprint density at radius 2 is 1.06 bits per heavy atom. The molecule has 0 fully saturated rings. The molecule has 0 unspecified atom stereocenters. The summed E-state index contributed by atoms with van der Waals surface area (Å²) in [6, 6.07) is 64.6. The van der Waals surface area contributed by atoms with Crippen LogP contribution in [0.2, 0.25) is 0 Å². The summed E-state index contributed by atoms with van der Waals surface area (Å²) in [5.74, 6) is 0. The SMILES string of the molecule is [C-]#[N+]c1ccc2c(c1)c1cc(C#N)ccc1n2-c1ccccc1-c1cccc([Si](c2ccccc2)(c2ccccc2)c2ccccc2)c1. The van der Waals surface area contributed by atoms with Gasteiger partial charge in [-0.3, -0.25) is 0 Å². The molecule has 1 aromatic heterocycles. The monoisotopic (exact) mass is 627 g/mol. The third-order valence-electron chi connectivity index (χ3n) is 9.38. The average molecular weight is 628 g/mol. The normalized spacial score (nSPS) is 11.3. The molecule has 224 valence electrons. The van der Waals surface area contributed by atoms with E-state index in [1.807, 2.05) is 36.4 Å². The lowest BCUT2D eigenvalue weighted by Gasteiger charge is -2.34. The Morgan fingerprint density at radius 3 is 1.67 bits per heavy atom. The van der Waals surface area contributed by atoms with E-state index >= 15 is 0 Å². The van der Waals surface area contributed by atoms with Crippen molar-refractivity contribution in [2.75, 3.05) is 0 Å². The van der Waals surface area contributed by atoms with Gasteiger partial charge in [0.2, 0.25) is 0 Å². The zero-order valence-electron chi connectivity index (χ0n) is 26.1. The van der Waals surface area contributed by atoms with E-state index in [1.165, 1.54) is 20.7 Å². The third-order valence-corrected chi connectivity index (χ3v) is 14.2. The fourth-order valence-corrected chi connectivity index (χ4v) is 12.1. The average Bonchev–Trinajstić information content (AvgIpc) is 3.49. The molecule has 0 aliphatic heterocycles. The topological polar surface area (TPSA) is 33.1 Å². The molecule has 8 aromatic rings. The number of fused-ring (bicyclic) bond motifs is 3. The summed E-state index contributed by atoms with van der Waals surface area (Å²) >= 11 is 0. The van der Waals surface area contributed by atoms with Crippen LogP contribution in [0.1, 0.15) is 5.56 Å². The van der Waals surface area contributed by atoms with Gasteiger partial charge in [0.25, 0.3) is 0 Å². The van der Waals surface area contributed by atoms with Gasteiger partial charge in [-0.2, -0.15) is 5.26 Å². The van der Waals surface area contributed by atoms with Crippen LogP contribution in [0.5, 0.6) is 0 Å². The highest BCUT2D eigenvalue weighted by Crippen LogP contribution is 2.38. The summed E-state index contributed by atoms with van der Waals surface area (Å²) in [5, 5.41) is 16.9. The van der Waals surface area contributed by atoms with Crippen molar-refractivity contribution in [2.45, 2.75) is 0 Å². The standard InChI is InChI=1S/C44H29N3Si/c1-46-34-25-27-44-41(30-34)40-28-32(31-45)24-26-43(40)47(44)42-23-12-11-22-39(42)33-14-13-21-38(29-33)48(35-15-5-2-6-16-35,36-17-7-3-8-18-36)37-19-9-4-10-20-37/h2-30H. The first-order chi connectivity index (χ1) is 23.7. The minimum absolute atomic E-state index is 0.578. The Hall–Kier alpha value is -6.46. The molecular formula is C44H29N3Si. The summed E-state index contributed by atoms with van der Waals surface area (Å²) < 4.78 is 2.28.